The van der Waals surface area contributed by atoms with E-state index < -0.39 is 6.10 Å². The number of hydrogen-bond acceptors (Lipinski definition) is 2. The molecule has 0 aliphatic heterocycles. The van der Waals surface area contributed by atoms with Crippen LogP contribution in [0.4, 0.5) is 0 Å². The Morgan fingerprint density at radius 3 is 2.25 bits per heavy atom. The summed E-state index contributed by atoms with van der Waals surface area (Å²) in [5, 5.41) is 14.7. The first-order valence-corrected chi connectivity index (χ1v) is 6.56. The monoisotopic (exact) mass is 288 g/mol. The van der Waals surface area contributed by atoms with Crippen molar-refractivity contribution in [1.82, 2.24) is 9.78 Å². The molecule has 0 bridgehead atoms. The average Bonchev–Trinajstić information content (AvgIpc) is 2.57. The first-order valence-electron chi connectivity index (χ1n) is 5.77. The molecule has 0 spiro atoms. The van der Waals surface area contributed by atoms with Gasteiger partial charge in [-0.25, -0.2) is 0 Å². The first kappa shape index (κ1) is 13.7. The van der Waals surface area contributed by atoms with Crippen molar-refractivity contribution in [2.24, 2.45) is 11.8 Å². The smallest absolute Gasteiger partial charge is 0.0996 e. The highest BCUT2D eigenvalue weighted by Crippen LogP contribution is 2.33. The maximum atomic E-state index is 10.4. The second-order valence-corrected chi connectivity index (χ2v) is 5.82. The molecule has 1 rings (SSSR count). The molecule has 0 aliphatic rings. The van der Waals surface area contributed by atoms with Gasteiger partial charge in [0.2, 0.25) is 0 Å². The lowest BCUT2D eigenvalue weighted by Gasteiger charge is -2.24. The Balaban J connectivity index is 3.06. The first-order chi connectivity index (χ1) is 7.36. The molecule has 1 aromatic rings. The minimum absolute atomic E-state index is 0.213. The third-order valence-electron chi connectivity index (χ3n) is 3.11. The fourth-order valence-corrected chi connectivity index (χ4v) is 2.16. The number of aliphatic hydroxyl groups excluding tert-OH is 1. The predicted octanol–water partition coefficient (Wildman–Crippen LogP) is 3.55. The third-order valence-corrected chi connectivity index (χ3v) is 3.72. The Morgan fingerprint density at radius 1 is 1.25 bits per heavy atom. The molecule has 3 nitrogen and oxygen atoms in total. The Labute approximate surface area is 106 Å². The lowest BCUT2D eigenvalue weighted by Crippen LogP contribution is -2.20. The zero-order valence-corrected chi connectivity index (χ0v) is 12.2. The van der Waals surface area contributed by atoms with E-state index in [1.807, 2.05) is 4.68 Å². The molecule has 0 aliphatic carbocycles. The van der Waals surface area contributed by atoms with Crippen LogP contribution in [0.25, 0.3) is 0 Å². The maximum absolute atomic E-state index is 10.4. The van der Waals surface area contributed by atoms with Gasteiger partial charge < -0.3 is 5.11 Å². The number of nitrogens with zero attached hydrogens (tertiary/aromatic N) is 2. The van der Waals surface area contributed by atoms with Crippen molar-refractivity contribution in [3.05, 3.63) is 16.4 Å². The number of hydrogen-bond donors (Lipinski definition) is 1. The third kappa shape index (κ3) is 2.66. The van der Waals surface area contributed by atoms with E-state index in [1.54, 1.807) is 6.20 Å². The van der Waals surface area contributed by atoms with Crippen LogP contribution in [0, 0.1) is 11.8 Å². The van der Waals surface area contributed by atoms with Crippen molar-refractivity contribution < 1.29 is 5.11 Å². The minimum Gasteiger partial charge on any atom is -0.386 e. The SMILES string of the molecule is CC(C)C(C)C(O)c1c(Br)cnn1C(C)C. The van der Waals surface area contributed by atoms with Crippen LogP contribution in [-0.4, -0.2) is 14.9 Å². The molecule has 0 fully saturated rings. The zero-order valence-electron chi connectivity index (χ0n) is 10.6. The Kier molecular flexibility index (Phi) is 4.56. The summed E-state index contributed by atoms with van der Waals surface area (Å²) in [5.74, 6) is 0.655. The van der Waals surface area contributed by atoms with E-state index in [0.29, 0.717) is 5.92 Å². The Bertz CT molecular complexity index is 347. The van der Waals surface area contributed by atoms with Crippen molar-refractivity contribution in [2.45, 2.75) is 46.8 Å². The minimum atomic E-state index is -0.473. The summed E-state index contributed by atoms with van der Waals surface area (Å²) >= 11 is 3.46. The predicted molar refractivity (Wildman–Crippen MR) is 69.3 cm³/mol. The van der Waals surface area contributed by atoms with E-state index in [4.69, 9.17) is 0 Å². The second-order valence-electron chi connectivity index (χ2n) is 4.96. The molecule has 92 valence electrons. The number of halogens is 1. The van der Waals surface area contributed by atoms with Crippen molar-refractivity contribution in [1.29, 1.82) is 0 Å². The van der Waals surface area contributed by atoms with Crippen molar-refractivity contribution >= 4 is 15.9 Å². The average molecular weight is 289 g/mol. The molecule has 2 unspecified atom stereocenters. The van der Waals surface area contributed by atoms with E-state index in [2.05, 4.69) is 55.6 Å². The zero-order chi connectivity index (χ0) is 12.5. The highest BCUT2D eigenvalue weighted by molar-refractivity contribution is 9.10. The van der Waals surface area contributed by atoms with Crippen LogP contribution in [0.3, 0.4) is 0 Å². The molecule has 0 radical (unpaired) electrons. The van der Waals surface area contributed by atoms with Crippen molar-refractivity contribution in [3.8, 4) is 0 Å². The van der Waals surface area contributed by atoms with Gasteiger partial charge in [0.15, 0.2) is 0 Å². The van der Waals surface area contributed by atoms with Gasteiger partial charge in [0.25, 0.3) is 0 Å². The van der Waals surface area contributed by atoms with Gasteiger partial charge in [-0.3, -0.25) is 4.68 Å². The summed E-state index contributed by atoms with van der Waals surface area (Å²) in [6, 6.07) is 0.260. The van der Waals surface area contributed by atoms with Crippen LogP contribution >= 0.6 is 15.9 Å². The van der Waals surface area contributed by atoms with Crippen molar-refractivity contribution in [2.75, 3.05) is 0 Å². The Hall–Kier alpha value is -0.350. The molecule has 0 amide bonds. The number of aliphatic hydroxyl groups is 1. The maximum Gasteiger partial charge on any atom is 0.0996 e. The molecular formula is C12H21BrN2O. The summed E-state index contributed by atoms with van der Waals surface area (Å²) in [6.45, 7) is 10.4. The topological polar surface area (TPSA) is 38.1 Å². The highest BCUT2D eigenvalue weighted by Gasteiger charge is 2.26. The van der Waals surface area contributed by atoms with Gasteiger partial charge >= 0.3 is 0 Å². The van der Waals surface area contributed by atoms with Gasteiger partial charge in [-0.05, 0) is 41.6 Å². The van der Waals surface area contributed by atoms with E-state index in [0.717, 1.165) is 10.2 Å². The van der Waals surface area contributed by atoms with Crippen LogP contribution in [0.15, 0.2) is 10.7 Å². The van der Waals surface area contributed by atoms with Crippen LogP contribution in [0.1, 0.15) is 52.5 Å². The second kappa shape index (κ2) is 5.32. The molecule has 16 heavy (non-hydrogen) atoms. The highest BCUT2D eigenvalue weighted by atomic mass is 79.9. The van der Waals surface area contributed by atoms with Gasteiger partial charge in [-0.2, -0.15) is 5.10 Å². The molecule has 1 aromatic heterocycles. The quantitative estimate of drug-likeness (QED) is 0.920. The summed E-state index contributed by atoms with van der Waals surface area (Å²) in [7, 11) is 0. The largest absolute Gasteiger partial charge is 0.386 e. The van der Waals surface area contributed by atoms with Crippen molar-refractivity contribution in [3.63, 3.8) is 0 Å². The molecule has 0 saturated carbocycles. The molecule has 1 heterocycles. The standard InChI is InChI=1S/C12H21BrN2O/c1-7(2)9(5)12(16)11-10(13)6-14-15(11)8(3)4/h6-9,12,16H,1-5H3. The summed E-state index contributed by atoms with van der Waals surface area (Å²) < 4.78 is 2.77. The summed E-state index contributed by atoms with van der Waals surface area (Å²) in [6.07, 6.45) is 1.28. The summed E-state index contributed by atoms with van der Waals surface area (Å²) in [4.78, 5) is 0. The fraction of sp³-hybridized carbons (Fsp3) is 0.750. The molecule has 1 N–H and O–H groups in total. The molecule has 0 saturated heterocycles. The van der Waals surface area contributed by atoms with Crippen LogP contribution in [0.5, 0.6) is 0 Å². The van der Waals surface area contributed by atoms with Crippen LogP contribution in [0.2, 0.25) is 0 Å². The number of rotatable bonds is 4. The van der Waals surface area contributed by atoms with Gasteiger partial charge in [0.05, 0.1) is 22.5 Å². The normalized spacial score (nSPS) is 15.8. The van der Waals surface area contributed by atoms with Gasteiger partial charge in [0, 0.05) is 6.04 Å². The van der Waals surface area contributed by atoms with E-state index in [-0.39, 0.29) is 12.0 Å². The molecule has 0 aromatic carbocycles. The molecular weight excluding hydrogens is 268 g/mol. The Morgan fingerprint density at radius 2 is 1.81 bits per heavy atom. The summed E-state index contributed by atoms with van der Waals surface area (Å²) in [5.41, 5.74) is 0.885. The van der Waals surface area contributed by atoms with E-state index in [9.17, 15) is 5.11 Å². The fourth-order valence-electron chi connectivity index (χ4n) is 1.65. The van der Waals surface area contributed by atoms with E-state index in [1.165, 1.54) is 0 Å². The van der Waals surface area contributed by atoms with Gasteiger partial charge in [0.1, 0.15) is 0 Å². The van der Waals surface area contributed by atoms with Crippen LogP contribution in [-0.2, 0) is 0 Å². The van der Waals surface area contributed by atoms with Crippen LogP contribution < -0.4 is 0 Å². The lowest BCUT2D eigenvalue weighted by atomic mass is 9.90. The lowest BCUT2D eigenvalue weighted by molar-refractivity contribution is 0.0817. The molecule has 2 atom stereocenters. The van der Waals surface area contributed by atoms with Gasteiger partial charge in [-0.15, -0.1) is 0 Å². The van der Waals surface area contributed by atoms with E-state index >= 15 is 0 Å². The molecule has 4 heteroatoms. The van der Waals surface area contributed by atoms with Gasteiger partial charge in [-0.1, -0.05) is 20.8 Å². The number of aromatic nitrogens is 2.